The number of ether oxygens (including phenoxy) is 1. The minimum absolute atomic E-state index is 0.0184. The molecule has 0 aliphatic heterocycles. The highest BCUT2D eigenvalue weighted by atomic mass is 79.9. The number of benzene rings is 1. The first kappa shape index (κ1) is 21.4. The average molecular weight is 441 g/mol. The van der Waals surface area contributed by atoms with Gasteiger partial charge in [0.25, 0.3) is 5.91 Å². The zero-order valence-electron chi connectivity index (χ0n) is 15.2. The number of amides is 2. The summed E-state index contributed by atoms with van der Waals surface area (Å²) in [5, 5.41) is 14.7. The highest BCUT2D eigenvalue weighted by molar-refractivity contribution is 9.10. The third kappa shape index (κ3) is 6.04. The lowest BCUT2D eigenvalue weighted by molar-refractivity contribution is -0.146. The molecule has 148 valence electrons. The maximum absolute atomic E-state index is 12.8. The lowest BCUT2D eigenvalue weighted by atomic mass is 9.83. The van der Waals surface area contributed by atoms with Gasteiger partial charge in [0, 0.05) is 10.0 Å². The topological polar surface area (TPSA) is 105 Å². The van der Waals surface area contributed by atoms with Crippen LogP contribution in [0.4, 0.5) is 0 Å². The van der Waals surface area contributed by atoms with Crippen molar-refractivity contribution in [3.05, 3.63) is 34.3 Å². The van der Waals surface area contributed by atoms with Crippen LogP contribution in [0.15, 0.2) is 28.7 Å². The van der Waals surface area contributed by atoms with E-state index in [0.717, 1.165) is 36.6 Å². The molecule has 0 spiro atoms. The van der Waals surface area contributed by atoms with Gasteiger partial charge >= 0.3 is 5.97 Å². The molecule has 1 aliphatic carbocycles. The Morgan fingerprint density at radius 1 is 1.15 bits per heavy atom. The summed E-state index contributed by atoms with van der Waals surface area (Å²) in [4.78, 5) is 37.1. The second kappa shape index (κ2) is 10.4. The summed E-state index contributed by atoms with van der Waals surface area (Å²) in [5.74, 6) is -1.59. The minimum atomic E-state index is -1.15. The third-order valence-electron chi connectivity index (χ3n) is 4.78. The van der Waals surface area contributed by atoms with Crippen molar-refractivity contribution in [1.29, 1.82) is 0 Å². The normalized spacial score (nSPS) is 16.9. The fraction of sp³-hybridized carbons (Fsp3) is 0.526. The number of aliphatic hydroxyl groups excluding tert-OH is 1. The molecule has 0 unspecified atom stereocenters. The van der Waals surface area contributed by atoms with Crippen LogP contribution in [0.25, 0.3) is 0 Å². The second-order valence-electron chi connectivity index (χ2n) is 6.62. The van der Waals surface area contributed by atoms with Gasteiger partial charge in [-0.3, -0.25) is 9.59 Å². The Balaban J connectivity index is 2.14. The quantitative estimate of drug-likeness (QED) is 0.560. The van der Waals surface area contributed by atoms with E-state index in [1.54, 1.807) is 24.3 Å². The Morgan fingerprint density at radius 3 is 2.33 bits per heavy atom. The molecule has 7 nitrogen and oxygen atoms in total. The van der Waals surface area contributed by atoms with Gasteiger partial charge in [-0.15, -0.1) is 0 Å². The number of rotatable bonds is 7. The molecule has 0 saturated heterocycles. The molecule has 1 fully saturated rings. The fourth-order valence-corrected chi connectivity index (χ4v) is 3.54. The molecular weight excluding hydrogens is 416 g/mol. The fourth-order valence-electron chi connectivity index (χ4n) is 3.27. The Kier molecular flexibility index (Phi) is 8.24. The summed E-state index contributed by atoms with van der Waals surface area (Å²) in [5.41, 5.74) is 0.443. The maximum Gasteiger partial charge on any atom is 0.330 e. The van der Waals surface area contributed by atoms with Gasteiger partial charge in [-0.25, -0.2) is 4.79 Å². The number of carbonyl (C=O) groups is 3. The van der Waals surface area contributed by atoms with Gasteiger partial charge in [0.05, 0.1) is 13.7 Å². The summed E-state index contributed by atoms with van der Waals surface area (Å²) < 4.78 is 5.44. The zero-order valence-corrected chi connectivity index (χ0v) is 16.8. The summed E-state index contributed by atoms with van der Waals surface area (Å²) in [6, 6.07) is 4.91. The zero-order chi connectivity index (χ0) is 19.8. The Labute approximate surface area is 167 Å². The Bertz CT molecular complexity index is 659. The van der Waals surface area contributed by atoms with Crippen molar-refractivity contribution in [2.75, 3.05) is 13.7 Å². The molecule has 27 heavy (non-hydrogen) atoms. The molecular formula is C19H25BrN2O5. The number of nitrogens with one attached hydrogen (secondary N) is 2. The molecule has 0 radical (unpaired) electrons. The molecule has 2 rings (SSSR count). The SMILES string of the molecule is COC(=O)[C@H](CO)NC(=O)[C@@H](NC(=O)c1ccc(Br)cc1)C1CCCCC1. The third-order valence-corrected chi connectivity index (χ3v) is 5.31. The van der Waals surface area contributed by atoms with E-state index in [4.69, 9.17) is 0 Å². The van der Waals surface area contributed by atoms with Crippen molar-refractivity contribution in [3.63, 3.8) is 0 Å². The van der Waals surface area contributed by atoms with Crippen molar-refractivity contribution in [2.45, 2.75) is 44.2 Å². The van der Waals surface area contributed by atoms with E-state index in [0.29, 0.717) is 5.56 Å². The molecule has 0 bridgehead atoms. The number of halogens is 1. The second-order valence-corrected chi connectivity index (χ2v) is 7.54. The molecule has 1 aromatic carbocycles. The summed E-state index contributed by atoms with van der Waals surface area (Å²) in [6.07, 6.45) is 4.72. The first-order valence-electron chi connectivity index (χ1n) is 9.01. The van der Waals surface area contributed by atoms with Crippen LogP contribution < -0.4 is 10.6 Å². The van der Waals surface area contributed by atoms with Crippen LogP contribution in [0.1, 0.15) is 42.5 Å². The Morgan fingerprint density at radius 2 is 1.78 bits per heavy atom. The molecule has 1 aromatic rings. The number of hydrogen-bond acceptors (Lipinski definition) is 5. The molecule has 1 saturated carbocycles. The van der Waals surface area contributed by atoms with Crippen molar-refractivity contribution >= 4 is 33.7 Å². The van der Waals surface area contributed by atoms with Crippen molar-refractivity contribution in [3.8, 4) is 0 Å². The maximum atomic E-state index is 12.8. The molecule has 8 heteroatoms. The minimum Gasteiger partial charge on any atom is -0.467 e. The Hall–Kier alpha value is -1.93. The van der Waals surface area contributed by atoms with Gasteiger partial charge in [-0.05, 0) is 43.0 Å². The van der Waals surface area contributed by atoms with Crippen molar-refractivity contribution < 1.29 is 24.2 Å². The van der Waals surface area contributed by atoms with Crippen LogP contribution in [-0.4, -0.2) is 48.7 Å². The summed E-state index contributed by atoms with van der Waals surface area (Å²) in [6.45, 7) is -0.573. The molecule has 3 N–H and O–H groups in total. The number of esters is 1. The molecule has 2 amide bonds. The summed E-state index contributed by atoms with van der Waals surface area (Å²) >= 11 is 3.32. The smallest absolute Gasteiger partial charge is 0.330 e. The predicted octanol–water partition coefficient (Wildman–Crippen LogP) is 1.78. The van der Waals surface area contributed by atoms with E-state index >= 15 is 0 Å². The van der Waals surface area contributed by atoms with Crippen LogP contribution in [-0.2, 0) is 14.3 Å². The van der Waals surface area contributed by atoms with Gasteiger partial charge in [0.1, 0.15) is 6.04 Å². The van der Waals surface area contributed by atoms with Crippen molar-refractivity contribution in [1.82, 2.24) is 10.6 Å². The molecule has 0 aromatic heterocycles. The van der Waals surface area contributed by atoms with Crippen molar-refractivity contribution in [2.24, 2.45) is 5.92 Å². The standard InChI is InChI=1S/C19H25BrN2O5/c1-27-19(26)15(11-23)21-18(25)16(12-5-3-2-4-6-12)22-17(24)13-7-9-14(20)10-8-13/h7-10,12,15-16,23H,2-6,11H2,1H3,(H,21,25)(H,22,24)/t15-,16-/m0/s1. The highest BCUT2D eigenvalue weighted by Gasteiger charge is 2.33. The van der Waals surface area contributed by atoms with Crippen LogP contribution in [0.5, 0.6) is 0 Å². The molecule has 0 heterocycles. The van der Waals surface area contributed by atoms with Gasteiger partial charge in [-0.2, -0.15) is 0 Å². The van der Waals surface area contributed by atoms with Gasteiger partial charge in [-0.1, -0.05) is 35.2 Å². The average Bonchev–Trinajstić information content (AvgIpc) is 2.70. The largest absolute Gasteiger partial charge is 0.467 e. The number of carbonyl (C=O) groups excluding carboxylic acids is 3. The van der Waals surface area contributed by atoms with Gasteiger partial charge < -0.3 is 20.5 Å². The van der Waals surface area contributed by atoms with Gasteiger partial charge in [0.2, 0.25) is 5.91 Å². The molecule has 1 aliphatic rings. The lowest BCUT2D eigenvalue weighted by Crippen LogP contribution is -2.55. The molecule has 2 atom stereocenters. The predicted molar refractivity (Wildman–Crippen MR) is 103 cm³/mol. The van der Waals surface area contributed by atoms with Crippen LogP contribution in [0.3, 0.4) is 0 Å². The van der Waals surface area contributed by atoms with Crippen LogP contribution in [0.2, 0.25) is 0 Å². The van der Waals surface area contributed by atoms with E-state index in [-0.39, 0.29) is 11.8 Å². The van der Waals surface area contributed by atoms with E-state index in [1.165, 1.54) is 7.11 Å². The number of aliphatic hydroxyl groups is 1. The number of methoxy groups -OCH3 is 1. The van der Waals surface area contributed by atoms with Gasteiger partial charge in [0.15, 0.2) is 6.04 Å². The first-order valence-corrected chi connectivity index (χ1v) is 9.81. The van der Waals surface area contributed by atoms with E-state index in [2.05, 4.69) is 31.3 Å². The number of hydrogen-bond donors (Lipinski definition) is 3. The van der Waals surface area contributed by atoms with Crippen LogP contribution in [0, 0.1) is 5.92 Å². The first-order chi connectivity index (χ1) is 13.0. The summed E-state index contributed by atoms with van der Waals surface area (Å²) in [7, 11) is 1.19. The van der Waals surface area contributed by atoms with E-state index in [9.17, 15) is 19.5 Å². The van der Waals surface area contributed by atoms with E-state index < -0.39 is 30.6 Å². The van der Waals surface area contributed by atoms with E-state index in [1.807, 2.05) is 0 Å². The highest BCUT2D eigenvalue weighted by Crippen LogP contribution is 2.27. The monoisotopic (exact) mass is 440 g/mol. The van der Waals surface area contributed by atoms with Crippen LogP contribution >= 0.6 is 15.9 Å². The lowest BCUT2D eigenvalue weighted by Gasteiger charge is -2.31.